The highest BCUT2D eigenvalue weighted by atomic mass is 16.4. The third kappa shape index (κ3) is 3.06. The highest BCUT2D eigenvalue weighted by molar-refractivity contribution is 5.76. The van der Waals surface area contributed by atoms with Gasteiger partial charge in [-0.05, 0) is 32.2 Å². The SMILES string of the molecule is CCN(CC(=O)O)C1CC(NC(=O)N2CC(C)C2C)C1. The molecule has 2 aliphatic rings. The minimum absolute atomic E-state index is 0.0281. The number of carboxylic acids is 1. The van der Waals surface area contributed by atoms with Crippen LogP contribution in [0.4, 0.5) is 4.79 Å². The summed E-state index contributed by atoms with van der Waals surface area (Å²) in [5, 5.41) is 11.9. The van der Waals surface area contributed by atoms with E-state index in [0.29, 0.717) is 12.0 Å². The van der Waals surface area contributed by atoms with Gasteiger partial charge in [-0.1, -0.05) is 13.8 Å². The first-order chi connectivity index (χ1) is 9.42. The zero-order valence-electron chi connectivity index (χ0n) is 12.5. The maximum absolute atomic E-state index is 12.0. The van der Waals surface area contributed by atoms with E-state index in [1.807, 2.05) is 16.7 Å². The van der Waals surface area contributed by atoms with Gasteiger partial charge >= 0.3 is 12.0 Å². The number of hydrogen-bond donors (Lipinski definition) is 2. The van der Waals surface area contributed by atoms with Crippen LogP contribution in [0.3, 0.4) is 0 Å². The predicted octanol–water partition coefficient (Wildman–Crippen LogP) is 0.974. The lowest BCUT2D eigenvalue weighted by atomic mass is 9.85. The molecule has 2 amide bonds. The number of likely N-dealkylation sites (N-methyl/N-ethyl adjacent to an activating group) is 1. The Hall–Kier alpha value is -1.30. The van der Waals surface area contributed by atoms with Crippen LogP contribution in [-0.4, -0.2) is 64.7 Å². The first-order valence-corrected chi connectivity index (χ1v) is 7.45. The molecule has 0 aromatic rings. The summed E-state index contributed by atoms with van der Waals surface area (Å²) in [5.74, 6) is -0.205. The van der Waals surface area contributed by atoms with Gasteiger partial charge in [-0.3, -0.25) is 9.69 Å². The van der Waals surface area contributed by atoms with E-state index in [-0.39, 0.29) is 24.7 Å². The number of rotatable bonds is 5. The molecule has 0 radical (unpaired) electrons. The molecular formula is C14H25N3O3. The number of likely N-dealkylation sites (tertiary alicyclic amines) is 1. The fourth-order valence-electron chi connectivity index (χ4n) is 3.00. The van der Waals surface area contributed by atoms with Crippen molar-refractivity contribution in [2.45, 2.75) is 51.7 Å². The van der Waals surface area contributed by atoms with Crippen molar-refractivity contribution in [2.24, 2.45) is 5.92 Å². The van der Waals surface area contributed by atoms with Gasteiger partial charge in [0.15, 0.2) is 0 Å². The normalized spacial score (nSPS) is 32.5. The third-order valence-electron chi connectivity index (χ3n) is 4.76. The topological polar surface area (TPSA) is 72.9 Å². The second kappa shape index (κ2) is 5.99. The maximum Gasteiger partial charge on any atom is 0.317 e. The van der Waals surface area contributed by atoms with Crippen molar-refractivity contribution in [1.29, 1.82) is 0 Å². The molecular weight excluding hydrogens is 258 g/mol. The Morgan fingerprint density at radius 3 is 2.45 bits per heavy atom. The third-order valence-corrected chi connectivity index (χ3v) is 4.76. The molecule has 1 saturated heterocycles. The summed E-state index contributed by atoms with van der Waals surface area (Å²) < 4.78 is 0. The fraction of sp³-hybridized carbons (Fsp3) is 0.857. The first-order valence-electron chi connectivity index (χ1n) is 7.45. The smallest absolute Gasteiger partial charge is 0.317 e. The van der Waals surface area contributed by atoms with Gasteiger partial charge in [0.05, 0.1) is 6.54 Å². The zero-order chi connectivity index (χ0) is 14.9. The molecule has 2 unspecified atom stereocenters. The molecule has 20 heavy (non-hydrogen) atoms. The molecule has 0 spiro atoms. The molecule has 2 rings (SSSR count). The summed E-state index contributed by atoms with van der Waals surface area (Å²) in [7, 11) is 0. The molecule has 114 valence electrons. The van der Waals surface area contributed by atoms with Gasteiger partial charge < -0.3 is 15.3 Å². The van der Waals surface area contributed by atoms with Gasteiger partial charge in [-0.25, -0.2) is 4.79 Å². The molecule has 6 nitrogen and oxygen atoms in total. The van der Waals surface area contributed by atoms with Crippen LogP contribution in [0.2, 0.25) is 0 Å². The van der Waals surface area contributed by atoms with Crippen LogP contribution in [-0.2, 0) is 4.79 Å². The van der Waals surface area contributed by atoms with Crippen molar-refractivity contribution in [2.75, 3.05) is 19.6 Å². The number of urea groups is 1. The zero-order valence-corrected chi connectivity index (χ0v) is 12.5. The van der Waals surface area contributed by atoms with Crippen LogP contribution in [0, 0.1) is 5.92 Å². The van der Waals surface area contributed by atoms with Crippen molar-refractivity contribution in [1.82, 2.24) is 15.1 Å². The van der Waals surface area contributed by atoms with Gasteiger partial charge in [0.1, 0.15) is 0 Å². The monoisotopic (exact) mass is 283 g/mol. The van der Waals surface area contributed by atoms with E-state index in [9.17, 15) is 9.59 Å². The second-order valence-corrected chi connectivity index (χ2v) is 6.10. The summed E-state index contributed by atoms with van der Waals surface area (Å²) in [6.45, 7) is 7.85. The summed E-state index contributed by atoms with van der Waals surface area (Å²) in [6.07, 6.45) is 1.70. The average molecular weight is 283 g/mol. The Morgan fingerprint density at radius 2 is 2.00 bits per heavy atom. The highest BCUT2D eigenvalue weighted by Gasteiger charge is 2.39. The number of carbonyl (C=O) groups is 2. The molecule has 1 aliphatic heterocycles. The van der Waals surface area contributed by atoms with Crippen LogP contribution < -0.4 is 5.32 Å². The van der Waals surface area contributed by atoms with E-state index in [4.69, 9.17) is 5.11 Å². The quantitative estimate of drug-likeness (QED) is 0.788. The van der Waals surface area contributed by atoms with Gasteiger partial charge in [0.2, 0.25) is 0 Å². The number of aliphatic carboxylic acids is 1. The van der Waals surface area contributed by atoms with E-state index in [0.717, 1.165) is 25.9 Å². The number of carbonyl (C=O) groups excluding carboxylic acids is 1. The van der Waals surface area contributed by atoms with Gasteiger partial charge in [0.25, 0.3) is 0 Å². The molecule has 6 heteroatoms. The standard InChI is InChI=1S/C14H25N3O3/c1-4-16(8-13(18)19)12-5-11(6-12)15-14(20)17-7-9(2)10(17)3/h9-12H,4-8H2,1-3H3,(H,15,20)(H,18,19). The minimum atomic E-state index is -0.789. The van der Waals surface area contributed by atoms with E-state index in [1.165, 1.54) is 0 Å². The predicted molar refractivity (Wildman–Crippen MR) is 75.6 cm³/mol. The summed E-state index contributed by atoms with van der Waals surface area (Å²) in [6, 6.07) is 0.831. The fourth-order valence-corrected chi connectivity index (χ4v) is 3.00. The van der Waals surface area contributed by atoms with Crippen molar-refractivity contribution in [3.63, 3.8) is 0 Å². The second-order valence-electron chi connectivity index (χ2n) is 6.10. The lowest BCUT2D eigenvalue weighted by Crippen LogP contribution is -2.63. The lowest BCUT2D eigenvalue weighted by molar-refractivity contribution is -0.139. The molecule has 1 saturated carbocycles. The molecule has 2 atom stereocenters. The Kier molecular flexibility index (Phi) is 4.52. The van der Waals surface area contributed by atoms with E-state index < -0.39 is 5.97 Å². The summed E-state index contributed by atoms with van der Waals surface area (Å²) in [4.78, 5) is 26.6. The number of nitrogens with zero attached hydrogens (tertiary/aromatic N) is 2. The van der Waals surface area contributed by atoms with Crippen LogP contribution in [0.1, 0.15) is 33.6 Å². The molecule has 0 aromatic carbocycles. The Bertz CT molecular complexity index is 382. The number of amides is 2. The highest BCUT2D eigenvalue weighted by Crippen LogP contribution is 2.28. The summed E-state index contributed by atoms with van der Waals surface area (Å²) >= 11 is 0. The molecule has 2 N–H and O–H groups in total. The van der Waals surface area contributed by atoms with Crippen molar-refractivity contribution < 1.29 is 14.7 Å². The van der Waals surface area contributed by atoms with Gasteiger partial charge in [0, 0.05) is 24.7 Å². The Labute approximate surface area is 120 Å². The number of hydrogen-bond acceptors (Lipinski definition) is 3. The van der Waals surface area contributed by atoms with E-state index in [2.05, 4.69) is 19.2 Å². The molecule has 0 bridgehead atoms. The largest absolute Gasteiger partial charge is 0.480 e. The molecule has 0 aromatic heterocycles. The first kappa shape index (κ1) is 15.1. The maximum atomic E-state index is 12.0. The summed E-state index contributed by atoms with van der Waals surface area (Å²) in [5.41, 5.74) is 0. The van der Waals surface area contributed by atoms with Crippen molar-refractivity contribution in [3.05, 3.63) is 0 Å². The molecule has 2 fully saturated rings. The average Bonchev–Trinajstić information content (AvgIpc) is 2.36. The van der Waals surface area contributed by atoms with Gasteiger partial charge in [-0.2, -0.15) is 0 Å². The number of nitrogens with one attached hydrogen (secondary N) is 1. The Balaban J connectivity index is 1.71. The molecule has 1 heterocycles. The lowest BCUT2D eigenvalue weighted by Gasteiger charge is -2.47. The minimum Gasteiger partial charge on any atom is -0.480 e. The molecule has 1 aliphatic carbocycles. The van der Waals surface area contributed by atoms with Crippen molar-refractivity contribution >= 4 is 12.0 Å². The van der Waals surface area contributed by atoms with E-state index in [1.54, 1.807) is 0 Å². The van der Waals surface area contributed by atoms with Crippen LogP contribution >= 0.6 is 0 Å². The van der Waals surface area contributed by atoms with E-state index >= 15 is 0 Å². The van der Waals surface area contributed by atoms with Crippen molar-refractivity contribution in [3.8, 4) is 0 Å². The number of carboxylic acid groups (broad SMARTS) is 1. The van der Waals surface area contributed by atoms with Crippen LogP contribution in [0.5, 0.6) is 0 Å². The Morgan fingerprint density at radius 1 is 1.35 bits per heavy atom. The van der Waals surface area contributed by atoms with Gasteiger partial charge in [-0.15, -0.1) is 0 Å². The van der Waals surface area contributed by atoms with Crippen LogP contribution in [0.15, 0.2) is 0 Å². The van der Waals surface area contributed by atoms with Crippen LogP contribution in [0.25, 0.3) is 0 Å².